The first-order valence-corrected chi connectivity index (χ1v) is 7.59. The Morgan fingerprint density at radius 1 is 1.33 bits per heavy atom. The molecule has 0 aromatic heterocycles. The zero-order valence-corrected chi connectivity index (χ0v) is 13.8. The third-order valence-corrected chi connectivity index (χ3v) is 2.94. The van der Waals surface area contributed by atoms with Crippen molar-refractivity contribution in [2.24, 2.45) is 0 Å². The largest absolute Gasteiger partial charge is 0.484 e. The Morgan fingerprint density at radius 2 is 2.05 bits per heavy atom. The van der Waals surface area contributed by atoms with Gasteiger partial charge in [0.2, 0.25) is 0 Å². The van der Waals surface area contributed by atoms with Crippen molar-refractivity contribution in [1.29, 1.82) is 0 Å². The second kappa shape index (κ2) is 8.03. The average molecular weight is 292 g/mol. The molecule has 0 spiro atoms. The Balaban J connectivity index is 2.55. The summed E-state index contributed by atoms with van der Waals surface area (Å²) < 4.78 is 5.57. The number of carbonyl (C=O) groups excluding carboxylic acids is 1. The molecule has 1 amide bonds. The zero-order chi connectivity index (χ0) is 15.9. The molecule has 0 aliphatic rings. The summed E-state index contributed by atoms with van der Waals surface area (Å²) in [5, 5.41) is 6.32. The minimum absolute atomic E-state index is 0.0392. The van der Waals surface area contributed by atoms with Crippen molar-refractivity contribution in [1.82, 2.24) is 10.6 Å². The van der Waals surface area contributed by atoms with E-state index in [0.717, 1.165) is 24.3 Å². The van der Waals surface area contributed by atoms with Gasteiger partial charge in [-0.15, -0.1) is 0 Å². The monoisotopic (exact) mass is 292 g/mol. The molecule has 0 fully saturated rings. The van der Waals surface area contributed by atoms with Crippen LogP contribution in [0.1, 0.15) is 52.6 Å². The number of nitrogens with one attached hydrogen (secondary N) is 2. The van der Waals surface area contributed by atoms with E-state index >= 15 is 0 Å². The van der Waals surface area contributed by atoms with Crippen LogP contribution in [0.15, 0.2) is 24.3 Å². The van der Waals surface area contributed by atoms with Gasteiger partial charge in [-0.25, -0.2) is 0 Å². The van der Waals surface area contributed by atoms with E-state index in [0.29, 0.717) is 0 Å². The number of rotatable bonds is 7. The van der Waals surface area contributed by atoms with E-state index in [4.69, 9.17) is 4.74 Å². The van der Waals surface area contributed by atoms with Gasteiger partial charge in [-0.2, -0.15) is 0 Å². The van der Waals surface area contributed by atoms with E-state index in [9.17, 15) is 4.79 Å². The molecule has 1 aromatic rings. The molecular weight excluding hydrogens is 264 g/mol. The van der Waals surface area contributed by atoms with Crippen molar-refractivity contribution >= 4 is 5.91 Å². The summed E-state index contributed by atoms with van der Waals surface area (Å²) in [5.74, 6) is 0.617. The molecule has 1 unspecified atom stereocenters. The van der Waals surface area contributed by atoms with Gasteiger partial charge < -0.3 is 15.4 Å². The summed E-state index contributed by atoms with van der Waals surface area (Å²) in [4.78, 5) is 11.7. The number of carbonyl (C=O) groups is 1. The minimum atomic E-state index is -0.235. The van der Waals surface area contributed by atoms with Crippen LogP contribution in [0.25, 0.3) is 0 Å². The molecule has 21 heavy (non-hydrogen) atoms. The lowest BCUT2D eigenvalue weighted by Gasteiger charge is -2.20. The molecular formula is C17H28N2O2. The predicted molar refractivity (Wildman–Crippen MR) is 86.5 cm³/mol. The summed E-state index contributed by atoms with van der Waals surface area (Å²) in [5.41, 5.74) is 0.929. The lowest BCUT2D eigenvalue weighted by atomic mass is 10.1. The van der Waals surface area contributed by atoms with Gasteiger partial charge in [-0.3, -0.25) is 4.79 Å². The highest BCUT2D eigenvalue weighted by molar-refractivity contribution is 5.78. The van der Waals surface area contributed by atoms with E-state index in [2.05, 4.69) is 30.5 Å². The van der Waals surface area contributed by atoms with Gasteiger partial charge >= 0.3 is 0 Å². The molecule has 0 bridgehead atoms. The van der Waals surface area contributed by atoms with Crippen molar-refractivity contribution in [3.8, 4) is 5.75 Å². The third kappa shape index (κ3) is 7.14. The van der Waals surface area contributed by atoms with Gasteiger partial charge in [0, 0.05) is 11.6 Å². The summed E-state index contributed by atoms with van der Waals surface area (Å²) in [6.07, 6.45) is 1.10. The lowest BCUT2D eigenvalue weighted by Crippen LogP contribution is -2.43. The molecule has 0 saturated heterocycles. The van der Waals surface area contributed by atoms with Crippen molar-refractivity contribution in [2.75, 3.05) is 13.2 Å². The molecule has 1 rings (SSSR count). The normalized spacial score (nSPS) is 12.8. The van der Waals surface area contributed by atoms with Gasteiger partial charge in [0.1, 0.15) is 5.75 Å². The Labute approximate surface area is 128 Å². The second-order valence-electron chi connectivity index (χ2n) is 6.34. The van der Waals surface area contributed by atoms with Crippen molar-refractivity contribution < 1.29 is 9.53 Å². The maximum absolute atomic E-state index is 11.7. The smallest absolute Gasteiger partial charge is 0.258 e. The maximum Gasteiger partial charge on any atom is 0.258 e. The second-order valence-corrected chi connectivity index (χ2v) is 6.34. The molecule has 0 heterocycles. The lowest BCUT2D eigenvalue weighted by molar-refractivity contribution is -0.124. The highest BCUT2D eigenvalue weighted by Gasteiger charge is 2.14. The summed E-state index contributed by atoms with van der Waals surface area (Å²) in [6.45, 7) is 11.2. The van der Waals surface area contributed by atoms with Crippen LogP contribution in [0.5, 0.6) is 5.75 Å². The number of amides is 1. The summed E-state index contributed by atoms with van der Waals surface area (Å²) >= 11 is 0. The number of hydrogen-bond acceptors (Lipinski definition) is 3. The van der Waals surface area contributed by atoms with Gasteiger partial charge in [0.05, 0.1) is 0 Å². The topological polar surface area (TPSA) is 50.4 Å². The first kappa shape index (κ1) is 17.5. The highest BCUT2D eigenvalue weighted by atomic mass is 16.5. The number of ether oxygens (including phenoxy) is 1. The number of benzene rings is 1. The molecule has 4 nitrogen and oxygen atoms in total. The fourth-order valence-electron chi connectivity index (χ4n) is 1.96. The van der Waals surface area contributed by atoms with Crippen molar-refractivity contribution in [3.63, 3.8) is 0 Å². The Hall–Kier alpha value is -1.55. The quantitative estimate of drug-likeness (QED) is 0.812. The fourth-order valence-corrected chi connectivity index (χ4v) is 1.96. The molecule has 1 aromatic carbocycles. The zero-order valence-electron chi connectivity index (χ0n) is 13.8. The molecule has 0 saturated carbocycles. The van der Waals surface area contributed by atoms with Gasteiger partial charge in [0.15, 0.2) is 6.61 Å². The third-order valence-electron chi connectivity index (χ3n) is 2.94. The standard InChI is InChI=1S/C17H28N2O2/c1-6-10-18-13(2)14-8-7-9-15(11-14)21-12-16(20)19-17(3,4)5/h7-9,11,13,18H,6,10,12H2,1-5H3,(H,19,20). The maximum atomic E-state index is 11.7. The van der Waals surface area contributed by atoms with E-state index < -0.39 is 0 Å². The summed E-state index contributed by atoms with van der Waals surface area (Å²) in [6, 6.07) is 8.15. The molecule has 4 heteroatoms. The van der Waals surface area contributed by atoms with Crippen LogP contribution in [0.4, 0.5) is 0 Å². The molecule has 0 aliphatic carbocycles. The van der Waals surface area contributed by atoms with E-state index in [-0.39, 0.29) is 24.1 Å². The van der Waals surface area contributed by atoms with E-state index in [1.165, 1.54) is 0 Å². The fraction of sp³-hybridized carbons (Fsp3) is 0.588. The average Bonchev–Trinajstić information content (AvgIpc) is 2.41. The van der Waals surface area contributed by atoms with Crippen LogP contribution in [-0.4, -0.2) is 24.6 Å². The molecule has 0 aliphatic heterocycles. The van der Waals surface area contributed by atoms with Crippen LogP contribution >= 0.6 is 0 Å². The molecule has 118 valence electrons. The Bertz CT molecular complexity index is 452. The first-order valence-electron chi connectivity index (χ1n) is 7.59. The molecule has 0 radical (unpaired) electrons. The molecule has 1 atom stereocenters. The van der Waals surface area contributed by atoms with Crippen LogP contribution in [-0.2, 0) is 4.79 Å². The van der Waals surface area contributed by atoms with Crippen molar-refractivity contribution in [3.05, 3.63) is 29.8 Å². The van der Waals surface area contributed by atoms with Gasteiger partial charge in [0.25, 0.3) is 5.91 Å². The Morgan fingerprint density at radius 3 is 2.67 bits per heavy atom. The highest BCUT2D eigenvalue weighted by Crippen LogP contribution is 2.19. The van der Waals surface area contributed by atoms with Crippen LogP contribution in [0, 0.1) is 0 Å². The van der Waals surface area contributed by atoms with Crippen LogP contribution in [0.3, 0.4) is 0 Å². The minimum Gasteiger partial charge on any atom is -0.484 e. The first-order chi connectivity index (χ1) is 9.81. The predicted octanol–water partition coefficient (Wildman–Crippen LogP) is 3.04. The van der Waals surface area contributed by atoms with E-state index in [1.54, 1.807) is 0 Å². The molecule has 2 N–H and O–H groups in total. The van der Waals surface area contributed by atoms with Crippen LogP contribution in [0.2, 0.25) is 0 Å². The summed E-state index contributed by atoms with van der Waals surface area (Å²) in [7, 11) is 0. The van der Waals surface area contributed by atoms with Crippen LogP contribution < -0.4 is 15.4 Å². The van der Waals surface area contributed by atoms with Crippen molar-refractivity contribution in [2.45, 2.75) is 52.6 Å². The SMILES string of the molecule is CCCNC(C)c1cccc(OCC(=O)NC(C)(C)C)c1. The van der Waals surface area contributed by atoms with Gasteiger partial charge in [-0.1, -0.05) is 19.1 Å². The number of hydrogen-bond donors (Lipinski definition) is 2. The van der Waals surface area contributed by atoms with Gasteiger partial charge in [-0.05, 0) is 58.4 Å². The Kier molecular flexibility index (Phi) is 6.69. The van der Waals surface area contributed by atoms with E-state index in [1.807, 2.05) is 39.0 Å².